The minimum atomic E-state index is -1.30. The summed E-state index contributed by atoms with van der Waals surface area (Å²) < 4.78 is 4.93. The quantitative estimate of drug-likeness (QED) is 0.647. The molecule has 3 N–H and O–H groups in total. The molecule has 0 unspecified atom stereocenters. The van der Waals surface area contributed by atoms with E-state index in [1.807, 2.05) is 0 Å². The van der Waals surface area contributed by atoms with Crippen molar-refractivity contribution in [1.29, 1.82) is 0 Å². The molecule has 0 radical (unpaired) electrons. The number of aromatic hydroxyl groups is 1. The van der Waals surface area contributed by atoms with E-state index in [1.54, 1.807) is 7.05 Å². The van der Waals surface area contributed by atoms with E-state index in [0.29, 0.717) is 0 Å². The van der Waals surface area contributed by atoms with E-state index in [2.05, 4.69) is 5.32 Å². The van der Waals surface area contributed by atoms with Crippen LogP contribution in [0.1, 0.15) is 20.7 Å². The van der Waals surface area contributed by atoms with Gasteiger partial charge in [0, 0.05) is 6.07 Å². The van der Waals surface area contributed by atoms with Crippen molar-refractivity contribution in [2.24, 2.45) is 0 Å². The molecule has 0 fully saturated rings. The largest absolute Gasteiger partial charge is 0.507 e. The summed E-state index contributed by atoms with van der Waals surface area (Å²) in [6.45, 7) is 0.0557. The lowest BCUT2D eigenvalue weighted by Gasteiger charge is -2.10. The van der Waals surface area contributed by atoms with Crippen LogP contribution in [0.3, 0.4) is 0 Å². The molecule has 1 aromatic rings. The van der Waals surface area contributed by atoms with Crippen molar-refractivity contribution in [2.45, 2.75) is 0 Å². The fourth-order valence-corrected chi connectivity index (χ4v) is 1.38. The minimum absolute atomic E-state index is 0.0557. The summed E-state index contributed by atoms with van der Waals surface area (Å²) in [6, 6.07) is 2.22. The molecule has 17 heavy (non-hydrogen) atoms. The monoisotopic (exact) mass is 239 g/mol. The molecule has 1 rings (SSSR count). The lowest BCUT2D eigenvalue weighted by Crippen LogP contribution is -2.19. The molecule has 1 aromatic carbocycles. The molecule has 0 spiro atoms. The number of benzene rings is 1. The average Bonchev–Trinajstić information content (AvgIpc) is 2.28. The summed E-state index contributed by atoms with van der Waals surface area (Å²) in [6.07, 6.45) is 0. The van der Waals surface area contributed by atoms with Crippen LogP contribution in [-0.2, 0) is 0 Å². The molecule has 0 saturated carbocycles. The number of Topliss-reactive ketones (excluding diaryl/α,β-unsaturated/α-hetero) is 1. The van der Waals surface area contributed by atoms with Gasteiger partial charge in [-0.15, -0.1) is 0 Å². The van der Waals surface area contributed by atoms with Crippen LogP contribution >= 0.6 is 0 Å². The van der Waals surface area contributed by atoms with Gasteiger partial charge in [-0.3, -0.25) is 4.79 Å². The second-order valence-electron chi connectivity index (χ2n) is 3.33. The predicted molar refractivity (Wildman–Crippen MR) is 59.9 cm³/mol. The maximum absolute atomic E-state index is 11.7. The highest BCUT2D eigenvalue weighted by molar-refractivity contribution is 6.03. The summed E-state index contributed by atoms with van der Waals surface area (Å²) in [7, 11) is 2.94. The van der Waals surface area contributed by atoms with Crippen molar-refractivity contribution < 1.29 is 24.5 Å². The molecule has 0 atom stereocenters. The van der Waals surface area contributed by atoms with Gasteiger partial charge in [-0.05, 0) is 13.1 Å². The fraction of sp³-hybridized carbons (Fsp3) is 0.273. The molecular formula is C11H13NO5. The molecule has 0 heterocycles. The number of phenols is 1. The lowest BCUT2D eigenvalue weighted by molar-refractivity contribution is 0.0693. The number of nitrogens with one attached hydrogen (secondary N) is 1. The van der Waals surface area contributed by atoms with Gasteiger partial charge in [0.25, 0.3) is 0 Å². The maximum Gasteiger partial charge on any atom is 0.339 e. The standard InChI is InChI=1S/C11H13NO5/c1-12-5-9(14)6-3-7(11(15)16)8(13)4-10(6)17-2/h3-4,12-13H,5H2,1-2H3,(H,15,16). The van der Waals surface area contributed by atoms with Gasteiger partial charge < -0.3 is 20.3 Å². The topological polar surface area (TPSA) is 95.9 Å². The van der Waals surface area contributed by atoms with Crippen LogP contribution in [0.15, 0.2) is 12.1 Å². The maximum atomic E-state index is 11.7. The Hall–Kier alpha value is -2.08. The number of hydrogen-bond donors (Lipinski definition) is 3. The summed E-state index contributed by atoms with van der Waals surface area (Å²) in [4.78, 5) is 22.5. The Balaban J connectivity index is 3.31. The molecule has 0 aliphatic heterocycles. The van der Waals surface area contributed by atoms with Crippen molar-refractivity contribution in [1.82, 2.24) is 5.32 Å². The van der Waals surface area contributed by atoms with Crippen molar-refractivity contribution >= 4 is 11.8 Å². The Kier molecular flexibility index (Phi) is 4.06. The molecule has 0 aliphatic rings. The van der Waals surface area contributed by atoms with Gasteiger partial charge in [0.1, 0.15) is 17.1 Å². The highest BCUT2D eigenvalue weighted by atomic mass is 16.5. The normalized spacial score (nSPS) is 10.0. The third-order valence-electron chi connectivity index (χ3n) is 2.19. The number of aromatic carboxylic acids is 1. The Morgan fingerprint density at radius 3 is 2.47 bits per heavy atom. The van der Waals surface area contributed by atoms with Crippen molar-refractivity contribution in [3.8, 4) is 11.5 Å². The molecule has 0 aliphatic carbocycles. The molecular weight excluding hydrogens is 226 g/mol. The van der Waals surface area contributed by atoms with E-state index in [9.17, 15) is 14.7 Å². The van der Waals surface area contributed by atoms with Gasteiger partial charge in [0.05, 0.1) is 19.2 Å². The van der Waals surface area contributed by atoms with Gasteiger partial charge in [0.2, 0.25) is 0 Å². The lowest BCUT2D eigenvalue weighted by atomic mass is 10.0. The molecule has 0 saturated heterocycles. The first-order valence-electron chi connectivity index (χ1n) is 4.83. The number of likely N-dealkylation sites (N-methyl/N-ethyl adjacent to an activating group) is 1. The molecule has 0 bridgehead atoms. The molecule has 6 nitrogen and oxygen atoms in total. The molecule has 0 amide bonds. The van der Waals surface area contributed by atoms with Gasteiger partial charge in [-0.25, -0.2) is 4.79 Å². The number of carboxylic acids is 1. The van der Waals surface area contributed by atoms with Crippen molar-refractivity contribution in [3.05, 3.63) is 23.3 Å². The zero-order chi connectivity index (χ0) is 13.0. The number of ether oxygens (including phenoxy) is 1. The van der Waals surface area contributed by atoms with Crippen LogP contribution in [0.25, 0.3) is 0 Å². The van der Waals surface area contributed by atoms with Crippen molar-refractivity contribution in [2.75, 3.05) is 20.7 Å². The summed E-state index contributed by atoms with van der Waals surface area (Å²) in [5.74, 6) is -1.90. The predicted octanol–water partition coefficient (Wildman–Crippen LogP) is 0.501. The van der Waals surface area contributed by atoms with Crippen molar-refractivity contribution in [3.63, 3.8) is 0 Å². The Morgan fingerprint density at radius 2 is 2.00 bits per heavy atom. The Morgan fingerprint density at radius 1 is 1.35 bits per heavy atom. The first kappa shape index (κ1) is 13.0. The molecule has 0 aromatic heterocycles. The highest BCUT2D eigenvalue weighted by Gasteiger charge is 2.18. The van der Waals surface area contributed by atoms with E-state index in [0.717, 1.165) is 12.1 Å². The number of methoxy groups -OCH3 is 1. The summed E-state index contributed by atoms with van der Waals surface area (Å²) in [5, 5.41) is 20.9. The van der Waals surface area contributed by atoms with Crippen LogP contribution in [0, 0.1) is 0 Å². The molecule has 6 heteroatoms. The van der Waals surface area contributed by atoms with Gasteiger partial charge in [-0.1, -0.05) is 0 Å². The first-order chi connectivity index (χ1) is 8.01. The van der Waals surface area contributed by atoms with E-state index < -0.39 is 11.7 Å². The highest BCUT2D eigenvalue weighted by Crippen LogP contribution is 2.28. The van der Waals surface area contributed by atoms with E-state index >= 15 is 0 Å². The first-order valence-corrected chi connectivity index (χ1v) is 4.83. The second-order valence-corrected chi connectivity index (χ2v) is 3.33. The van der Waals surface area contributed by atoms with Crippen LogP contribution in [0.5, 0.6) is 11.5 Å². The van der Waals surface area contributed by atoms with Crippen LogP contribution < -0.4 is 10.1 Å². The third-order valence-corrected chi connectivity index (χ3v) is 2.19. The average molecular weight is 239 g/mol. The van der Waals surface area contributed by atoms with Gasteiger partial charge in [0.15, 0.2) is 5.78 Å². The number of rotatable bonds is 5. The third kappa shape index (κ3) is 2.73. The number of carboxylic acid groups (broad SMARTS) is 1. The smallest absolute Gasteiger partial charge is 0.339 e. The zero-order valence-electron chi connectivity index (χ0n) is 9.48. The Labute approximate surface area is 97.8 Å². The van der Waals surface area contributed by atoms with Crippen LogP contribution in [0.2, 0.25) is 0 Å². The number of carbonyl (C=O) groups is 2. The Bertz CT molecular complexity index is 455. The number of hydrogen-bond acceptors (Lipinski definition) is 5. The zero-order valence-corrected chi connectivity index (χ0v) is 9.48. The van der Waals surface area contributed by atoms with E-state index in [4.69, 9.17) is 9.84 Å². The summed E-state index contributed by atoms with van der Waals surface area (Å²) >= 11 is 0. The fourth-order valence-electron chi connectivity index (χ4n) is 1.38. The van der Waals surface area contributed by atoms with Crippen LogP contribution in [-0.4, -0.2) is 42.7 Å². The van der Waals surface area contributed by atoms with E-state index in [-0.39, 0.29) is 29.2 Å². The SMILES string of the molecule is CNCC(=O)c1cc(C(=O)O)c(O)cc1OC. The minimum Gasteiger partial charge on any atom is -0.507 e. The van der Waals surface area contributed by atoms with Crippen LogP contribution in [0.4, 0.5) is 0 Å². The van der Waals surface area contributed by atoms with E-state index in [1.165, 1.54) is 7.11 Å². The second kappa shape index (κ2) is 5.31. The number of carbonyl (C=O) groups excluding carboxylic acids is 1. The van der Waals surface area contributed by atoms with Gasteiger partial charge in [-0.2, -0.15) is 0 Å². The van der Waals surface area contributed by atoms with Gasteiger partial charge >= 0.3 is 5.97 Å². The number of ketones is 1. The summed E-state index contributed by atoms with van der Waals surface area (Å²) in [5.41, 5.74) is -0.206. The molecule has 92 valence electrons.